The number of hydrogen-bond acceptors (Lipinski definition) is 5. The first-order valence-corrected chi connectivity index (χ1v) is 5.09. The minimum Gasteiger partial charge on any atom is -0.377 e. The Bertz CT molecular complexity index is 305. The first kappa shape index (κ1) is 12.0. The molecule has 0 bridgehead atoms. The Balaban J connectivity index is 2.79. The molecule has 0 radical (unpaired) electrons. The SMILES string of the molecule is CCOCc1nc(CC)nc(COC)n1. The van der Waals surface area contributed by atoms with Gasteiger partial charge < -0.3 is 9.47 Å². The Labute approximate surface area is 89.9 Å². The van der Waals surface area contributed by atoms with E-state index in [9.17, 15) is 0 Å². The minimum atomic E-state index is 0.411. The molecule has 0 aliphatic heterocycles. The Morgan fingerprint density at radius 1 is 0.933 bits per heavy atom. The van der Waals surface area contributed by atoms with E-state index in [0.29, 0.717) is 31.5 Å². The van der Waals surface area contributed by atoms with Gasteiger partial charge in [0.05, 0.1) is 0 Å². The van der Waals surface area contributed by atoms with E-state index < -0.39 is 0 Å². The van der Waals surface area contributed by atoms with Crippen LogP contribution in [0.1, 0.15) is 31.3 Å². The molecule has 15 heavy (non-hydrogen) atoms. The Morgan fingerprint density at radius 2 is 1.53 bits per heavy atom. The Hall–Kier alpha value is -1.07. The first-order valence-electron chi connectivity index (χ1n) is 5.09. The van der Waals surface area contributed by atoms with Crippen LogP contribution in [0.2, 0.25) is 0 Å². The van der Waals surface area contributed by atoms with Gasteiger partial charge in [-0.3, -0.25) is 0 Å². The van der Waals surface area contributed by atoms with Crippen molar-refractivity contribution in [1.29, 1.82) is 0 Å². The van der Waals surface area contributed by atoms with Crippen LogP contribution >= 0.6 is 0 Å². The van der Waals surface area contributed by atoms with Crippen LogP contribution in [0.15, 0.2) is 0 Å². The molecular weight excluding hydrogens is 194 g/mol. The molecule has 0 spiro atoms. The van der Waals surface area contributed by atoms with Crippen molar-refractivity contribution in [2.45, 2.75) is 33.5 Å². The largest absolute Gasteiger partial charge is 0.377 e. The average molecular weight is 211 g/mol. The lowest BCUT2D eigenvalue weighted by Gasteiger charge is -2.05. The maximum absolute atomic E-state index is 5.26. The van der Waals surface area contributed by atoms with Crippen molar-refractivity contribution in [2.75, 3.05) is 13.7 Å². The normalized spacial score (nSPS) is 10.6. The van der Waals surface area contributed by atoms with Gasteiger partial charge >= 0.3 is 0 Å². The number of nitrogens with zero attached hydrogens (tertiary/aromatic N) is 3. The summed E-state index contributed by atoms with van der Waals surface area (Å²) in [4.78, 5) is 12.8. The summed E-state index contributed by atoms with van der Waals surface area (Å²) in [6, 6.07) is 0. The molecule has 1 rings (SSSR count). The van der Waals surface area contributed by atoms with Gasteiger partial charge in [0.15, 0.2) is 11.6 Å². The van der Waals surface area contributed by atoms with Crippen molar-refractivity contribution in [3.05, 3.63) is 17.5 Å². The summed E-state index contributed by atoms with van der Waals surface area (Å²) in [5, 5.41) is 0. The standard InChI is InChI=1S/C10H17N3O2/c1-4-8-11-9(6-14-3)13-10(12-8)7-15-5-2/h4-7H2,1-3H3. The number of methoxy groups -OCH3 is 1. The van der Waals surface area contributed by atoms with E-state index in [2.05, 4.69) is 15.0 Å². The van der Waals surface area contributed by atoms with E-state index in [1.165, 1.54) is 0 Å². The molecule has 1 aromatic heterocycles. The quantitative estimate of drug-likeness (QED) is 0.705. The van der Waals surface area contributed by atoms with Crippen LogP contribution in [0.25, 0.3) is 0 Å². The summed E-state index contributed by atoms with van der Waals surface area (Å²) in [5.74, 6) is 2.13. The average Bonchev–Trinajstić information content (AvgIpc) is 2.26. The molecular formula is C10H17N3O2. The predicted octanol–water partition coefficient (Wildman–Crippen LogP) is 1.12. The van der Waals surface area contributed by atoms with Gasteiger partial charge in [-0.15, -0.1) is 0 Å². The van der Waals surface area contributed by atoms with Gasteiger partial charge in [0, 0.05) is 20.1 Å². The van der Waals surface area contributed by atoms with E-state index >= 15 is 0 Å². The van der Waals surface area contributed by atoms with Crippen molar-refractivity contribution < 1.29 is 9.47 Å². The van der Waals surface area contributed by atoms with Crippen molar-refractivity contribution in [3.63, 3.8) is 0 Å². The molecule has 0 aliphatic rings. The number of aryl methyl sites for hydroxylation is 1. The second kappa shape index (κ2) is 6.42. The van der Waals surface area contributed by atoms with Crippen LogP contribution in [0, 0.1) is 0 Å². The molecule has 1 aromatic rings. The zero-order valence-electron chi connectivity index (χ0n) is 9.49. The highest BCUT2D eigenvalue weighted by Gasteiger charge is 2.04. The smallest absolute Gasteiger partial charge is 0.158 e. The van der Waals surface area contributed by atoms with E-state index in [-0.39, 0.29) is 0 Å². The third kappa shape index (κ3) is 3.89. The molecule has 0 fully saturated rings. The van der Waals surface area contributed by atoms with Crippen molar-refractivity contribution in [3.8, 4) is 0 Å². The fraction of sp³-hybridized carbons (Fsp3) is 0.700. The van der Waals surface area contributed by atoms with Crippen molar-refractivity contribution >= 4 is 0 Å². The molecule has 0 unspecified atom stereocenters. The molecule has 0 atom stereocenters. The third-order valence-electron chi connectivity index (χ3n) is 1.80. The molecule has 0 aliphatic carbocycles. The van der Waals surface area contributed by atoms with Crippen LogP contribution in [0.3, 0.4) is 0 Å². The van der Waals surface area contributed by atoms with Gasteiger partial charge in [0.1, 0.15) is 19.0 Å². The zero-order valence-corrected chi connectivity index (χ0v) is 9.49. The van der Waals surface area contributed by atoms with E-state index in [1.807, 2.05) is 13.8 Å². The Kier molecular flexibility index (Phi) is 5.14. The molecule has 84 valence electrons. The Morgan fingerprint density at radius 3 is 2.07 bits per heavy atom. The van der Waals surface area contributed by atoms with E-state index in [0.717, 1.165) is 12.2 Å². The molecule has 0 N–H and O–H groups in total. The van der Waals surface area contributed by atoms with Gasteiger partial charge in [-0.05, 0) is 6.92 Å². The third-order valence-corrected chi connectivity index (χ3v) is 1.80. The van der Waals surface area contributed by atoms with Crippen LogP contribution in [0.4, 0.5) is 0 Å². The second-order valence-corrected chi connectivity index (χ2v) is 3.01. The summed E-state index contributed by atoms with van der Waals surface area (Å²) in [6.07, 6.45) is 0.790. The maximum Gasteiger partial charge on any atom is 0.158 e. The van der Waals surface area contributed by atoms with Gasteiger partial charge in [-0.25, -0.2) is 15.0 Å². The van der Waals surface area contributed by atoms with Crippen molar-refractivity contribution in [2.24, 2.45) is 0 Å². The van der Waals surface area contributed by atoms with Crippen LogP contribution < -0.4 is 0 Å². The van der Waals surface area contributed by atoms with E-state index in [1.54, 1.807) is 7.11 Å². The van der Waals surface area contributed by atoms with Crippen LogP contribution in [0.5, 0.6) is 0 Å². The van der Waals surface area contributed by atoms with Crippen LogP contribution in [-0.2, 0) is 29.1 Å². The lowest BCUT2D eigenvalue weighted by atomic mass is 10.4. The topological polar surface area (TPSA) is 57.1 Å². The maximum atomic E-state index is 5.26. The predicted molar refractivity (Wildman–Crippen MR) is 55.2 cm³/mol. The minimum absolute atomic E-state index is 0.411. The summed E-state index contributed by atoms with van der Waals surface area (Å²) in [5.41, 5.74) is 0. The molecule has 0 saturated heterocycles. The second-order valence-electron chi connectivity index (χ2n) is 3.01. The molecule has 0 saturated carbocycles. The highest BCUT2D eigenvalue weighted by atomic mass is 16.5. The highest BCUT2D eigenvalue weighted by molar-refractivity contribution is 4.96. The molecule has 5 nitrogen and oxygen atoms in total. The van der Waals surface area contributed by atoms with Gasteiger partial charge in [0.25, 0.3) is 0 Å². The lowest BCUT2D eigenvalue weighted by molar-refractivity contribution is 0.126. The molecule has 5 heteroatoms. The summed E-state index contributed by atoms with van der Waals surface area (Å²) in [7, 11) is 1.62. The molecule has 0 amide bonds. The summed E-state index contributed by atoms with van der Waals surface area (Å²) in [6.45, 7) is 5.46. The first-order chi connectivity index (χ1) is 7.30. The monoisotopic (exact) mass is 211 g/mol. The fourth-order valence-corrected chi connectivity index (χ4v) is 1.13. The van der Waals surface area contributed by atoms with Gasteiger partial charge in [-0.1, -0.05) is 6.92 Å². The number of aromatic nitrogens is 3. The fourth-order valence-electron chi connectivity index (χ4n) is 1.13. The molecule has 0 aromatic carbocycles. The van der Waals surface area contributed by atoms with Crippen molar-refractivity contribution in [1.82, 2.24) is 15.0 Å². The lowest BCUT2D eigenvalue weighted by Crippen LogP contribution is -2.09. The number of hydrogen-bond donors (Lipinski definition) is 0. The van der Waals surface area contributed by atoms with E-state index in [4.69, 9.17) is 9.47 Å². The van der Waals surface area contributed by atoms with Gasteiger partial charge in [0.2, 0.25) is 0 Å². The number of rotatable bonds is 6. The zero-order chi connectivity index (χ0) is 11.1. The summed E-state index contributed by atoms with van der Waals surface area (Å²) >= 11 is 0. The highest BCUT2D eigenvalue weighted by Crippen LogP contribution is 2.00. The van der Waals surface area contributed by atoms with Crippen LogP contribution in [-0.4, -0.2) is 28.7 Å². The van der Waals surface area contributed by atoms with Gasteiger partial charge in [-0.2, -0.15) is 0 Å². The number of ether oxygens (including phenoxy) is 2. The summed E-state index contributed by atoms with van der Waals surface area (Å²) < 4.78 is 10.3. The molecule has 1 heterocycles.